The Morgan fingerprint density at radius 1 is 1.04 bits per heavy atom. The number of phenolic OH excluding ortho intramolecular Hbond substituents is 1. The van der Waals surface area contributed by atoms with Crippen LogP contribution in [0.15, 0.2) is 53.4 Å². The van der Waals surface area contributed by atoms with E-state index in [4.69, 9.17) is 0 Å². The lowest BCUT2D eigenvalue weighted by molar-refractivity contribution is -0.131. The lowest BCUT2D eigenvalue weighted by atomic mass is 9.89. The second-order valence-corrected chi connectivity index (χ2v) is 7.79. The molecule has 142 valence electrons. The minimum absolute atomic E-state index is 0.0767. The number of amides is 1. The highest BCUT2D eigenvalue weighted by atomic mass is 32.2. The van der Waals surface area contributed by atoms with E-state index in [1.165, 1.54) is 36.0 Å². The Hall–Kier alpha value is -2.34. The number of benzene rings is 2. The maximum absolute atomic E-state index is 12.9. The number of halogens is 1. The highest BCUT2D eigenvalue weighted by molar-refractivity contribution is 7.99. The van der Waals surface area contributed by atoms with Gasteiger partial charge in [-0.15, -0.1) is 11.8 Å². The summed E-state index contributed by atoms with van der Waals surface area (Å²) in [4.78, 5) is 27.7. The number of carbonyl (C=O) groups is 2. The zero-order valence-corrected chi connectivity index (χ0v) is 15.8. The highest BCUT2D eigenvalue weighted by Crippen LogP contribution is 2.24. The average Bonchev–Trinajstić information content (AvgIpc) is 2.69. The van der Waals surface area contributed by atoms with Crippen LogP contribution < -0.4 is 0 Å². The quantitative estimate of drug-likeness (QED) is 0.598. The molecule has 0 aliphatic carbocycles. The van der Waals surface area contributed by atoms with Gasteiger partial charge in [-0.25, -0.2) is 4.39 Å². The van der Waals surface area contributed by atoms with Gasteiger partial charge in [0.05, 0.1) is 0 Å². The van der Waals surface area contributed by atoms with Crippen molar-refractivity contribution in [2.24, 2.45) is 5.92 Å². The molecule has 0 unspecified atom stereocenters. The monoisotopic (exact) mass is 387 g/mol. The molecule has 3 rings (SSSR count). The number of phenols is 1. The minimum Gasteiger partial charge on any atom is -0.508 e. The van der Waals surface area contributed by atoms with Crippen LogP contribution in [0.25, 0.3) is 0 Å². The molecule has 0 aromatic heterocycles. The zero-order chi connectivity index (χ0) is 19.2. The predicted molar refractivity (Wildman–Crippen MR) is 103 cm³/mol. The Labute approximate surface area is 162 Å². The number of hydrogen-bond acceptors (Lipinski definition) is 4. The van der Waals surface area contributed by atoms with Crippen LogP contribution in [0.5, 0.6) is 5.75 Å². The first-order chi connectivity index (χ1) is 13.0. The fourth-order valence-electron chi connectivity index (χ4n) is 3.20. The summed E-state index contributed by atoms with van der Waals surface area (Å²) in [5.74, 6) is 0.628. The number of thioether (sulfide) groups is 1. The van der Waals surface area contributed by atoms with Crippen molar-refractivity contribution >= 4 is 23.5 Å². The molecule has 2 aromatic carbocycles. The van der Waals surface area contributed by atoms with Gasteiger partial charge in [0, 0.05) is 41.6 Å². The van der Waals surface area contributed by atoms with Gasteiger partial charge in [-0.2, -0.15) is 0 Å². The third kappa shape index (κ3) is 5.32. The van der Waals surface area contributed by atoms with Crippen molar-refractivity contribution in [2.75, 3.05) is 18.8 Å². The molecule has 1 saturated heterocycles. The van der Waals surface area contributed by atoms with E-state index in [1.54, 1.807) is 24.3 Å². The van der Waals surface area contributed by atoms with E-state index in [9.17, 15) is 19.1 Å². The number of rotatable bonds is 6. The number of nitrogens with zero attached hydrogens (tertiary/aromatic N) is 1. The third-order valence-corrected chi connectivity index (χ3v) is 5.78. The molecule has 0 bridgehead atoms. The van der Waals surface area contributed by atoms with Gasteiger partial charge in [0.25, 0.3) is 0 Å². The molecule has 6 heteroatoms. The maximum Gasteiger partial charge on any atom is 0.223 e. The molecule has 1 amide bonds. The van der Waals surface area contributed by atoms with E-state index in [0.29, 0.717) is 43.7 Å². The number of Topliss-reactive ketones (excluding diaryl/α,β-unsaturated/α-hetero) is 1. The van der Waals surface area contributed by atoms with Crippen molar-refractivity contribution in [1.29, 1.82) is 0 Å². The van der Waals surface area contributed by atoms with Crippen molar-refractivity contribution in [3.63, 3.8) is 0 Å². The smallest absolute Gasteiger partial charge is 0.223 e. The van der Waals surface area contributed by atoms with E-state index < -0.39 is 0 Å². The van der Waals surface area contributed by atoms with Crippen molar-refractivity contribution < 1.29 is 19.1 Å². The summed E-state index contributed by atoms with van der Waals surface area (Å²) in [5, 5.41) is 9.33. The maximum atomic E-state index is 12.9. The molecule has 1 heterocycles. The average molecular weight is 387 g/mol. The molecule has 1 fully saturated rings. The summed E-state index contributed by atoms with van der Waals surface area (Å²) in [7, 11) is 0. The lowest BCUT2D eigenvalue weighted by Crippen LogP contribution is -2.40. The Morgan fingerprint density at radius 3 is 2.30 bits per heavy atom. The summed E-state index contributed by atoms with van der Waals surface area (Å²) >= 11 is 1.54. The topological polar surface area (TPSA) is 57.6 Å². The number of likely N-dealkylation sites (tertiary alicyclic amines) is 1. The third-order valence-electron chi connectivity index (χ3n) is 4.77. The van der Waals surface area contributed by atoms with Crippen molar-refractivity contribution in [3.05, 3.63) is 59.9 Å². The Morgan fingerprint density at radius 2 is 1.67 bits per heavy atom. The van der Waals surface area contributed by atoms with Gasteiger partial charge >= 0.3 is 0 Å². The first kappa shape index (κ1) is 19.4. The Balaban J connectivity index is 1.42. The van der Waals surface area contributed by atoms with Gasteiger partial charge in [-0.05, 0) is 61.4 Å². The molecule has 0 saturated carbocycles. The second kappa shape index (κ2) is 9.04. The fraction of sp³-hybridized carbons (Fsp3) is 0.333. The number of carbonyl (C=O) groups excluding carboxylic acids is 2. The van der Waals surface area contributed by atoms with Crippen molar-refractivity contribution in [2.45, 2.75) is 24.2 Å². The number of piperidine rings is 1. The molecule has 2 aromatic rings. The molecule has 0 radical (unpaired) electrons. The molecular formula is C21H22FNO3S. The van der Waals surface area contributed by atoms with Crippen LogP contribution in [0.1, 0.15) is 29.6 Å². The van der Waals surface area contributed by atoms with Gasteiger partial charge in [0.2, 0.25) is 5.91 Å². The summed E-state index contributed by atoms with van der Waals surface area (Å²) in [6, 6.07) is 12.6. The summed E-state index contributed by atoms with van der Waals surface area (Å²) in [5.41, 5.74) is 0.605. The van der Waals surface area contributed by atoms with Crippen LogP contribution >= 0.6 is 11.8 Å². The normalized spacial score (nSPS) is 14.9. The zero-order valence-electron chi connectivity index (χ0n) is 14.9. The first-order valence-corrected chi connectivity index (χ1v) is 10.0. The molecule has 1 aliphatic rings. The SMILES string of the molecule is O=C(c1ccc(O)cc1)C1CCN(C(=O)CCSc2ccc(F)cc2)CC1. The van der Waals surface area contributed by atoms with Gasteiger partial charge in [0.15, 0.2) is 5.78 Å². The Kier molecular flexibility index (Phi) is 6.50. The number of aromatic hydroxyl groups is 1. The number of hydrogen-bond donors (Lipinski definition) is 1. The van der Waals surface area contributed by atoms with Crippen molar-refractivity contribution in [1.82, 2.24) is 4.90 Å². The summed E-state index contributed by atoms with van der Waals surface area (Å²) < 4.78 is 12.9. The largest absolute Gasteiger partial charge is 0.508 e. The standard InChI is InChI=1S/C21H22FNO3S/c22-17-3-7-19(8-4-17)27-14-11-20(25)23-12-9-16(10-13-23)21(26)15-1-5-18(24)6-2-15/h1-8,16,24H,9-14H2. The van der Waals surface area contributed by atoms with E-state index in [-0.39, 0.29) is 29.2 Å². The van der Waals surface area contributed by atoms with Crippen LogP contribution in [0.2, 0.25) is 0 Å². The van der Waals surface area contributed by atoms with Crippen LogP contribution in [-0.2, 0) is 4.79 Å². The summed E-state index contributed by atoms with van der Waals surface area (Å²) in [6.07, 6.45) is 1.76. The van der Waals surface area contributed by atoms with Gasteiger partial charge in [0.1, 0.15) is 11.6 Å². The van der Waals surface area contributed by atoms with Gasteiger partial charge in [-0.3, -0.25) is 9.59 Å². The molecule has 4 nitrogen and oxygen atoms in total. The highest BCUT2D eigenvalue weighted by Gasteiger charge is 2.27. The molecule has 0 spiro atoms. The van der Waals surface area contributed by atoms with Crippen LogP contribution in [-0.4, -0.2) is 40.5 Å². The molecule has 0 atom stereocenters. The van der Waals surface area contributed by atoms with E-state index in [1.807, 2.05) is 4.90 Å². The lowest BCUT2D eigenvalue weighted by Gasteiger charge is -2.31. The molecule has 1 aliphatic heterocycles. The van der Waals surface area contributed by atoms with E-state index >= 15 is 0 Å². The van der Waals surface area contributed by atoms with Crippen LogP contribution in [0, 0.1) is 11.7 Å². The second-order valence-electron chi connectivity index (χ2n) is 6.62. The van der Waals surface area contributed by atoms with E-state index in [0.717, 1.165) is 4.90 Å². The minimum atomic E-state index is -0.264. The van der Waals surface area contributed by atoms with Crippen molar-refractivity contribution in [3.8, 4) is 5.75 Å². The number of ketones is 1. The van der Waals surface area contributed by atoms with Gasteiger partial charge in [-0.1, -0.05) is 0 Å². The van der Waals surface area contributed by atoms with Crippen LogP contribution in [0.3, 0.4) is 0 Å². The molecular weight excluding hydrogens is 365 g/mol. The predicted octanol–water partition coefficient (Wildman–Crippen LogP) is 4.14. The Bertz CT molecular complexity index is 784. The fourth-order valence-corrected chi connectivity index (χ4v) is 4.04. The van der Waals surface area contributed by atoms with E-state index in [2.05, 4.69) is 0 Å². The van der Waals surface area contributed by atoms with Crippen LogP contribution in [0.4, 0.5) is 4.39 Å². The van der Waals surface area contributed by atoms with Gasteiger partial charge < -0.3 is 10.0 Å². The summed E-state index contributed by atoms with van der Waals surface area (Å²) in [6.45, 7) is 1.18. The molecule has 1 N–H and O–H groups in total. The first-order valence-electron chi connectivity index (χ1n) is 9.02. The molecule has 27 heavy (non-hydrogen) atoms.